The number of carbonyl (C=O) groups excluding carboxylic acids is 3. The van der Waals surface area contributed by atoms with Crippen LogP contribution in [0, 0.1) is 6.08 Å². The van der Waals surface area contributed by atoms with Gasteiger partial charge in [0, 0.05) is 20.8 Å². The Kier molecular flexibility index (Phi) is 5.87. The first-order valence-electron chi connectivity index (χ1n) is 8.51. The van der Waals surface area contributed by atoms with Crippen molar-refractivity contribution in [3.8, 4) is 0 Å². The third-order valence-corrected chi connectivity index (χ3v) is 3.90. The van der Waals surface area contributed by atoms with Crippen molar-refractivity contribution in [1.29, 1.82) is 0 Å². The summed E-state index contributed by atoms with van der Waals surface area (Å²) >= 11 is 0. The first-order chi connectivity index (χ1) is 13.7. The summed E-state index contributed by atoms with van der Waals surface area (Å²) in [7, 11) is 0. The number of nitrogens with one attached hydrogen (secondary N) is 2. The van der Waals surface area contributed by atoms with Crippen LogP contribution in [0.15, 0.2) is 6.33 Å². The molecule has 156 valence electrons. The summed E-state index contributed by atoms with van der Waals surface area (Å²) in [5, 5.41) is 2.79. The lowest BCUT2D eigenvalue weighted by Gasteiger charge is -2.23. The zero-order chi connectivity index (χ0) is 21.1. The van der Waals surface area contributed by atoms with Gasteiger partial charge < -0.3 is 29.2 Å². The number of aromatic nitrogens is 4. The summed E-state index contributed by atoms with van der Waals surface area (Å²) in [4.78, 5) is 48.1. The van der Waals surface area contributed by atoms with Crippen LogP contribution in [0.5, 0.6) is 0 Å². The lowest BCUT2D eigenvalue weighted by atomic mass is 10.1. The first kappa shape index (κ1) is 20.4. The Labute approximate surface area is 163 Å². The molecule has 0 aliphatic carbocycles. The predicted octanol–water partition coefficient (Wildman–Crippen LogP) is 0.0553. The number of halogens is 1. The monoisotopic (exact) mass is 411 g/mol. The second kappa shape index (κ2) is 8.34. The smallest absolute Gasteiger partial charge is 0.312 e. The highest BCUT2D eigenvalue weighted by Crippen LogP contribution is 2.29. The molecule has 3 rings (SSSR count). The van der Waals surface area contributed by atoms with Crippen molar-refractivity contribution in [2.45, 2.75) is 45.3 Å². The van der Waals surface area contributed by atoms with E-state index < -0.39 is 48.5 Å². The Bertz CT molecular complexity index is 936. The SMILES string of the molecule is CC(=O)OC[C@H]1OC(Nc2nc(F)nc3nc[nH]c23)[C@@H](OC(C)=O)[C@@H]1OC(C)=O. The number of carbonyl (C=O) groups is 3. The van der Waals surface area contributed by atoms with Crippen LogP contribution in [0.25, 0.3) is 11.2 Å². The summed E-state index contributed by atoms with van der Waals surface area (Å²) < 4.78 is 34.9. The van der Waals surface area contributed by atoms with Crippen molar-refractivity contribution >= 4 is 34.9 Å². The molecule has 0 saturated carbocycles. The third-order valence-electron chi connectivity index (χ3n) is 3.90. The molecule has 1 fully saturated rings. The molecule has 1 unspecified atom stereocenters. The predicted molar refractivity (Wildman–Crippen MR) is 91.7 cm³/mol. The number of fused-ring (bicyclic) bond motifs is 1. The van der Waals surface area contributed by atoms with Crippen molar-refractivity contribution in [1.82, 2.24) is 19.9 Å². The Morgan fingerprint density at radius 2 is 1.83 bits per heavy atom. The molecule has 2 aromatic rings. The van der Waals surface area contributed by atoms with Gasteiger partial charge in [-0.15, -0.1) is 0 Å². The number of hydrogen-bond acceptors (Lipinski definition) is 11. The number of nitrogens with zero attached hydrogens (tertiary/aromatic N) is 3. The number of rotatable bonds is 6. The van der Waals surface area contributed by atoms with Crippen LogP contribution < -0.4 is 5.32 Å². The van der Waals surface area contributed by atoms with Gasteiger partial charge in [0.1, 0.15) is 18.2 Å². The van der Waals surface area contributed by atoms with Crippen LogP contribution in [0.1, 0.15) is 20.8 Å². The molecule has 2 aromatic heterocycles. The van der Waals surface area contributed by atoms with Crippen LogP contribution in [0.2, 0.25) is 0 Å². The second-order valence-corrected chi connectivity index (χ2v) is 6.13. The molecule has 13 heteroatoms. The minimum atomic E-state index is -1.13. The Morgan fingerprint density at radius 3 is 2.48 bits per heavy atom. The van der Waals surface area contributed by atoms with Gasteiger partial charge in [-0.25, -0.2) is 4.98 Å². The minimum absolute atomic E-state index is 0.0122. The highest BCUT2D eigenvalue weighted by atomic mass is 19.1. The summed E-state index contributed by atoms with van der Waals surface area (Å²) in [6, 6.07) is 0. The van der Waals surface area contributed by atoms with Crippen LogP contribution in [0.4, 0.5) is 10.2 Å². The van der Waals surface area contributed by atoms with E-state index in [-0.39, 0.29) is 23.6 Å². The van der Waals surface area contributed by atoms with E-state index in [2.05, 4.69) is 25.3 Å². The number of hydrogen-bond donors (Lipinski definition) is 2. The van der Waals surface area contributed by atoms with Crippen molar-refractivity contribution in [3.63, 3.8) is 0 Å². The van der Waals surface area contributed by atoms with E-state index in [0.717, 1.165) is 0 Å². The highest BCUT2D eigenvalue weighted by Gasteiger charge is 2.50. The van der Waals surface area contributed by atoms with Crippen molar-refractivity contribution in [2.24, 2.45) is 0 Å². The van der Waals surface area contributed by atoms with Crippen molar-refractivity contribution in [2.75, 3.05) is 11.9 Å². The lowest BCUT2D eigenvalue weighted by molar-refractivity contribution is -0.165. The Hall–Kier alpha value is -3.35. The fourth-order valence-corrected chi connectivity index (χ4v) is 2.88. The first-order valence-corrected chi connectivity index (χ1v) is 8.51. The van der Waals surface area contributed by atoms with Gasteiger partial charge in [0.2, 0.25) is 0 Å². The second-order valence-electron chi connectivity index (χ2n) is 6.13. The van der Waals surface area contributed by atoms with Gasteiger partial charge in [0.25, 0.3) is 0 Å². The molecule has 2 N–H and O–H groups in total. The Balaban J connectivity index is 1.91. The molecule has 3 heterocycles. The fraction of sp³-hybridized carbons (Fsp3) is 0.500. The molecule has 0 aromatic carbocycles. The number of ether oxygens (including phenoxy) is 4. The summed E-state index contributed by atoms with van der Waals surface area (Å²) in [6.07, 6.45) is -4.01. The van der Waals surface area contributed by atoms with Crippen LogP contribution >= 0.6 is 0 Å². The molecule has 4 atom stereocenters. The van der Waals surface area contributed by atoms with Gasteiger partial charge >= 0.3 is 24.0 Å². The van der Waals surface area contributed by atoms with E-state index in [1.807, 2.05) is 0 Å². The van der Waals surface area contributed by atoms with Gasteiger partial charge in [0.05, 0.1) is 6.33 Å². The summed E-state index contributed by atoms with van der Waals surface area (Å²) in [6.45, 7) is 3.27. The quantitative estimate of drug-likeness (QED) is 0.376. The zero-order valence-corrected chi connectivity index (χ0v) is 15.7. The topological polar surface area (TPSA) is 155 Å². The maximum atomic E-state index is 13.7. The molecular weight excluding hydrogens is 393 g/mol. The molecule has 29 heavy (non-hydrogen) atoms. The van der Waals surface area contributed by atoms with Crippen LogP contribution in [-0.2, 0) is 33.3 Å². The largest absolute Gasteiger partial charge is 0.463 e. The zero-order valence-electron chi connectivity index (χ0n) is 15.7. The van der Waals surface area contributed by atoms with Crippen molar-refractivity contribution < 1.29 is 37.7 Å². The van der Waals surface area contributed by atoms with E-state index in [9.17, 15) is 18.8 Å². The van der Waals surface area contributed by atoms with Crippen LogP contribution in [0.3, 0.4) is 0 Å². The standard InChI is InChI=1S/C16H18FN5O7/c1-6(23)26-4-9-11(27-7(2)24)12(28-8(3)25)15(29-9)20-14-10-13(19-5-18-10)21-16(17)22-14/h5,9,11-12,15H,4H2,1-3H3,(H2,18,19,20,21,22)/t9-,11-,12+,15?/m1/s1. The molecule has 0 amide bonds. The summed E-state index contributed by atoms with van der Waals surface area (Å²) in [5.74, 6) is -1.92. The number of esters is 3. The van der Waals surface area contributed by atoms with E-state index in [0.29, 0.717) is 0 Å². The van der Waals surface area contributed by atoms with Gasteiger partial charge in [-0.1, -0.05) is 0 Å². The molecule has 1 aliphatic heterocycles. The van der Waals surface area contributed by atoms with Crippen LogP contribution in [-0.4, -0.2) is 69.0 Å². The highest BCUT2D eigenvalue weighted by molar-refractivity contribution is 5.82. The van der Waals surface area contributed by atoms with E-state index in [4.69, 9.17) is 18.9 Å². The molecular formula is C16H18FN5O7. The van der Waals surface area contributed by atoms with E-state index in [1.54, 1.807) is 0 Å². The molecule has 1 aliphatic rings. The summed E-state index contributed by atoms with van der Waals surface area (Å²) in [5.41, 5.74) is 0.346. The average molecular weight is 411 g/mol. The maximum Gasteiger partial charge on any atom is 0.312 e. The maximum absolute atomic E-state index is 13.7. The molecule has 0 spiro atoms. The van der Waals surface area contributed by atoms with E-state index >= 15 is 0 Å². The minimum Gasteiger partial charge on any atom is -0.463 e. The molecule has 12 nitrogen and oxygen atoms in total. The van der Waals surface area contributed by atoms with Gasteiger partial charge in [0.15, 0.2) is 29.9 Å². The van der Waals surface area contributed by atoms with E-state index in [1.165, 1.54) is 27.1 Å². The van der Waals surface area contributed by atoms with Crippen molar-refractivity contribution in [3.05, 3.63) is 12.4 Å². The number of H-pyrrole nitrogens is 1. The third kappa shape index (κ3) is 4.74. The number of anilines is 1. The molecule has 0 radical (unpaired) electrons. The average Bonchev–Trinajstić information content (AvgIpc) is 3.19. The molecule has 0 bridgehead atoms. The van der Waals surface area contributed by atoms with Gasteiger partial charge in [-0.2, -0.15) is 14.4 Å². The molecule has 1 saturated heterocycles. The van der Waals surface area contributed by atoms with Gasteiger partial charge in [-0.05, 0) is 0 Å². The number of aromatic amines is 1. The normalized spacial score (nSPS) is 23.6. The fourth-order valence-electron chi connectivity index (χ4n) is 2.88. The van der Waals surface area contributed by atoms with Gasteiger partial charge in [-0.3, -0.25) is 14.4 Å². The number of imidazole rings is 1. The Morgan fingerprint density at radius 1 is 1.14 bits per heavy atom. The lowest BCUT2D eigenvalue weighted by Crippen LogP contribution is -2.43.